The van der Waals surface area contributed by atoms with E-state index in [1.165, 1.54) is 24.4 Å². The van der Waals surface area contributed by atoms with Crippen LogP contribution in [0.3, 0.4) is 0 Å². The summed E-state index contributed by atoms with van der Waals surface area (Å²) in [7, 11) is 0. The van der Waals surface area contributed by atoms with E-state index >= 15 is 0 Å². The van der Waals surface area contributed by atoms with Gasteiger partial charge in [-0.15, -0.1) is 0 Å². The van der Waals surface area contributed by atoms with Gasteiger partial charge >= 0.3 is 0 Å². The molecule has 0 fully saturated rings. The molecule has 3 aromatic carbocycles. The number of para-hydroxylation sites is 2. The second kappa shape index (κ2) is 11.0. The Morgan fingerprint density at radius 3 is 2.45 bits per heavy atom. The molecule has 0 saturated heterocycles. The van der Waals surface area contributed by atoms with Crippen molar-refractivity contribution in [1.82, 2.24) is 5.43 Å². The van der Waals surface area contributed by atoms with Crippen molar-refractivity contribution < 1.29 is 18.7 Å². The van der Waals surface area contributed by atoms with Crippen LogP contribution in [0.15, 0.2) is 82.4 Å². The number of hydrazone groups is 1. The van der Waals surface area contributed by atoms with Crippen molar-refractivity contribution in [2.75, 3.05) is 5.32 Å². The molecule has 0 aliphatic heterocycles. The van der Waals surface area contributed by atoms with Gasteiger partial charge in [0.2, 0.25) is 11.8 Å². The van der Waals surface area contributed by atoms with Crippen LogP contribution < -0.4 is 15.5 Å². The Morgan fingerprint density at radius 2 is 1.68 bits per heavy atom. The number of rotatable bonds is 8. The van der Waals surface area contributed by atoms with E-state index in [1.807, 2.05) is 36.4 Å². The molecule has 0 bridgehead atoms. The van der Waals surface area contributed by atoms with E-state index in [4.69, 9.17) is 4.74 Å². The lowest BCUT2D eigenvalue weighted by molar-refractivity contribution is -0.126. The molecule has 6 nitrogen and oxygen atoms in total. The molecule has 0 aromatic heterocycles. The number of carbonyl (C=O) groups is 2. The normalized spacial score (nSPS) is 10.6. The summed E-state index contributed by atoms with van der Waals surface area (Å²) in [6.07, 6.45) is 0.941. The number of ether oxygens (including phenoxy) is 1. The first-order chi connectivity index (χ1) is 15.0. The Bertz CT molecular complexity index is 1090. The van der Waals surface area contributed by atoms with E-state index in [1.54, 1.807) is 18.2 Å². The van der Waals surface area contributed by atoms with Gasteiger partial charge in [0.05, 0.1) is 11.9 Å². The average Bonchev–Trinajstić information content (AvgIpc) is 2.76. The maximum Gasteiger partial charge on any atom is 0.249 e. The van der Waals surface area contributed by atoms with Crippen LogP contribution in [-0.2, 0) is 16.2 Å². The maximum absolute atomic E-state index is 13.6. The topological polar surface area (TPSA) is 79.8 Å². The van der Waals surface area contributed by atoms with Crippen molar-refractivity contribution in [3.05, 3.63) is 94.2 Å². The maximum atomic E-state index is 13.6. The number of hydrogen-bond acceptors (Lipinski definition) is 4. The van der Waals surface area contributed by atoms with Crippen LogP contribution in [0.1, 0.15) is 17.5 Å². The summed E-state index contributed by atoms with van der Waals surface area (Å²) >= 11 is 3.39. The summed E-state index contributed by atoms with van der Waals surface area (Å²) in [5.74, 6) is -1.25. The largest absolute Gasteiger partial charge is 0.488 e. The molecule has 3 aromatic rings. The van der Waals surface area contributed by atoms with Crippen LogP contribution >= 0.6 is 15.9 Å². The first kappa shape index (κ1) is 22.2. The van der Waals surface area contributed by atoms with Crippen LogP contribution in [0.5, 0.6) is 5.75 Å². The molecule has 2 amide bonds. The molecule has 158 valence electrons. The minimum Gasteiger partial charge on any atom is -0.488 e. The first-order valence-corrected chi connectivity index (χ1v) is 10.1. The van der Waals surface area contributed by atoms with Gasteiger partial charge in [-0.2, -0.15) is 5.10 Å². The number of nitrogens with one attached hydrogen (secondary N) is 2. The fourth-order valence-corrected chi connectivity index (χ4v) is 2.84. The van der Waals surface area contributed by atoms with Gasteiger partial charge in [-0.1, -0.05) is 52.3 Å². The predicted molar refractivity (Wildman–Crippen MR) is 120 cm³/mol. The number of benzene rings is 3. The molecule has 8 heteroatoms. The summed E-state index contributed by atoms with van der Waals surface area (Å²) in [6, 6.07) is 20.7. The van der Waals surface area contributed by atoms with Gasteiger partial charge < -0.3 is 10.1 Å². The Balaban J connectivity index is 1.52. The fourth-order valence-electron chi connectivity index (χ4n) is 2.58. The molecular formula is C23H19BrFN3O3. The number of carbonyl (C=O) groups excluding carboxylic acids is 2. The number of halogens is 2. The van der Waals surface area contributed by atoms with Crippen molar-refractivity contribution in [3.8, 4) is 5.75 Å². The lowest BCUT2D eigenvalue weighted by Gasteiger charge is -2.09. The van der Waals surface area contributed by atoms with Crippen molar-refractivity contribution in [3.63, 3.8) is 0 Å². The molecule has 0 aliphatic carbocycles. The lowest BCUT2D eigenvalue weighted by Crippen LogP contribution is -2.25. The van der Waals surface area contributed by atoms with Crippen molar-refractivity contribution in [1.29, 1.82) is 0 Å². The Hall–Kier alpha value is -3.52. The smallest absolute Gasteiger partial charge is 0.249 e. The van der Waals surface area contributed by atoms with Crippen molar-refractivity contribution in [2.24, 2.45) is 5.10 Å². The Morgan fingerprint density at radius 1 is 0.968 bits per heavy atom. The molecular weight excluding hydrogens is 465 g/mol. The summed E-state index contributed by atoms with van der Waals surface area (Å²) in [5, 5.41) is 6.23. The summed E-state index contributed by atoms with van der Waals surface area (Å²) in [5.41, 5.74) is 3.97. The second-order valence-electron chi connectivity index (χ2n) is 6.45. The third-order valence-electron chi connectivity index (χ3n) is 4.09. The summed E-state index contributed by atoms with van der Waals surface area (Å²) in [6.45, 7) is 0.376. The highest BCUT2D eigenvalue weighted by Crippen LogP contribution is 2.18. The minimum atomic E-state index is -0.643. The summed E-state index contributed by atoms with van der Waals surface area (Å²) in [4.78, 5) is 23.8. The number of nitrogens with zero attached hydrogens (tertiary/aromatic N) is 1. The second-order valence-corrected chi connectivity index (χ2v) is 7.37. The molecule has 0 spiro atoms. The fraction of sp³-hybridized carbons (Fsp3) is 0.0870. The van der Waals surface area contributed by atoms with Gasteiger partial charge in [0.15, 0.2) is 0 Å². The molecule has 0 atom stereocenters. The van der Waals surface area contributed by atoms with E-state index in [0.29, 0.717) is 17.9 Å². The zero-order chi connectivity index (χ0) is 22.1. The third-order valence-corrected chi connectivity index (χ3v) is 4.62. The van der Waals surface area contributed by atoms with Gasteiger partial charge in [-0.05, 0) is 42.0 Å². The van der Waals surface area contributed by atoms with Crippen LogP contribution in [-0.4, -0.2) is 18.0 Å². The number of hydrogen-bond donors (Lipinski definition) is 2. The van der Waals surface area contributed by atoms with E-state index in [-0.39, 0.29) is 5.69 Å². The molecule has 0 aliphatic rings. The lowest BCUT2D eigenvalue weighted by atomic mass is 10.2. The minimum absolute atomic E-state index is 0.0145. The van der Waals surface area contributed by atoms with Gasteiger partial charge in [0, 0.05) is 10.0 Å². The number of anilines is 1. The van der Waals surface area contributed by atoms with E-state index in [2.05, 4.69) is 31.8 Å². The number of amides is 2. The highest BCUT2D eigenvalue weighted by molar-refractivity contribution is 9.10. The molecule has 0 saturated carbocycles. The third kappa shape index (κ3) is 7.04. The van der Waals surface area contributed by atoms with Crippen LogP contribution in [0.25, 0.3) is 0 Å². The Kier molecular flexibility index (Phi) is 7.89. The van der Waals surface area contributed by atoms with Crippen molar-refractivity contribution >= 4 is 39.6 Å². The van der Waals surface area contributed by atoms with Crippen LogP contribution in [0, 0.1) is 5.82 Å². The van der Waals surface area contributed by atoms with Crippen LogP contribution in [0.2, 0.25) is 0 Å². The SMILES string of the molecule is O=C(CC(=O)Nc1ccccc1F)NN=Cc1ccccc1OCc1ccc(Br)cc1. The molecule has 31 heavy (non-hydrogen) atoms. The molecule has 2 N–H and O–H groups in total. The van der Waals surface area contributed by atoms with E-state index in [0.717, 1.165) is 10.0 Å². The van der Waals surface area contributed by atoms with Gasteiger partial charge in [-0.25, -0.2) is 9.82 Å². The van der Waals surface area contributed by atoms with E-state index in [9.17, 15) is 14.0 Å². The van der Waals surface area contributed by atoms with Crippen LogP contribution in [0.4, 0.5) is 10.1 Å². The standard InChI is InChI=1S/C23H19BrFN3O3/c24-18-11-9-16(10-12-18)15-31-21-8-4-1-5-17(21)14-26-28-23(30)13-22(29)27-20-7-3-2-6-19(20)25/h1-12,14H,13,15H2,(H,27,29)(H,28,30). The monoisotopic (exact) mass is 483 g/mol. The molecule has 0 radical (unpaired) electrons. The predicted octanol–water partition coefficient (Wildman–Crippen LogP) is 4.65. The quantitative estimate of drug-likeness (QED) is 0.278. The first-order valence-electron chi connectivity index (χ1n) is 9.34. The highest BCUT2D eigenvalue weighted by Gasteiger charge is 2.11. The molecule has 3 rings (SSSR count). The van der Waals surface area contributed by atoms with Gasteiger partial charge in [0.25, 0.3) is 0 Å². The average molecular weight is 484 g/mol. The highest BCUT2D eigenvalue weighted by atomic mass is 79.9. The zero-order valence-electron chi connectivity index (χ0n) is 16.3. The van der Waals surface area contributed by atoms with E-state index < -0.39 is 24.1 Å². The molecule has 0 heterocycles. The Labute approximate surface area is 187 Å². The van der Waals surface area contributed by atoms with Gasteiger partial charge in [-0.3, -0.25) is 9.59 Å². The zero-order valence-corrected chi connectivity index (χ0v) is 17.9. The molecule has 0 unspecified atom stereocenters. The van der Waals surface area contributed by atoms with Gasteiger partial charge in [0.1, 0.15) is 24.6 Å². The van der Waals surface area contributed by atoms with Crippen molar-refractivity contribution in [2.45, 2.75) is 13.0 Å². The summed E-state index contributed by atoms with van der Waals surface area (Å²) < 4.78 is 20.4.